The summed E-state index contributed by atoms with van der Waals surface area (Å²) in [7, 11) is 0. The van der Waals surface area contributed by atoms with Crippen molar-refractivity contribution < 1.29 is 4.42 Å². The van der Waals surface area contributed by atoms with Crippen molar-refractivity contribution in [2.45, 2.75) is 13.0 Å². The Balaban J connectivity index is 1.68. The Morgan fingerprint density at radius 2 is 1.87 bits per heavy atom. The fourth-order valence-electron chi connectivity index (χ4n) is 1.50. The molecule has 0 atom stereocenters. The molecule has 0 aliphatic rings. The van der Waals surface area contributed by atoms with Crippen LogP contribution in [0.3, 0.4) is 0 Å². The fraction of sp³-hybridized carbons (Fsp3) is 0.231. The van der Waals surface area contributed by atoms with Gasteiger partial charge in [-0.2, -0.15) is 0 Å². The van der Waals surface area contributed by atoms with Crippen molar-refractivity contribution in [3.05, 3.63) is 60.1 Å². The number of rotatable bonds is 5. The molecule has 2 rings (SSSR count). The topological polar surface area (TPSA) is 25.2 Å². The van der Waals surface area contributed by atoms with Crippen LogP contribution < -0.4 is 5.32 Å². The highest BCUT2D eigenvalue weighted by atomic mass is 16.3. The third-order valence-corrected chi connectivity index (χ3v) is 2.31. The van der Waals surface area contributed by atoms with Crippen molar-refractivity contribution in [2.24, 2.45) is 0 Å². The van der Waals surface area contributed by atoms with E-state index >= 15 is 0 Å². The summed E-state index contributed by atoms with van der Waals surface area (Å²) in [6.45, 7) is 1.78. The minimum atomic E-state index is 0.805. The molecule has 78 valence electrons. The maximum Gasteiger partial charge on any atom is 0.117 e. The van der Waals surface area contributed by atoms with Crippen LogP contribution >= 0.6 is 0 Å². The van der Waals surface area contributed by atoms with Gasteiger partial charge in [-0.15, -0.1) is 0 Å². The molecule has 0 aliphatic heterocycles. The summed E-state index contributed by atoms with van der Waals surface area (Å²) in [4.78, 5) is 0. The first-order chi connectivity index (χ1) is 7.45. The summed E-state index contributed by atoms with van der Waals surface area (Å²) in [6.07, 6.45) is 2.76. The molecular weight excluding hydrogens is 186 g/mol. The molecule has 1 aromatic carbocycles. The van der Waals surface area contributed by atoms with E-state index in [4.69, 9.17) is 4.42 Å². The van der Waals surface area contributed by atoms with Gasteiger partial charge in [-0.3, -0.25) is 0 Å². The smallest absolute Gasteiger partial charge is 0.117 e. The van der Waals surface area contributed by atoms with Gasteiger partial charge in [0.25, 0.3) is 0 Å². The molecule has 0 amide bonds. The summed E-state index contributed by atoms with van der Waals surface area (Å²) in [5.74, 6) is 0.989. The van der Waals surface area contributed by atoms with E-state index in [1.165, 1.54) is 5.56 Å². The van der Waals surface area contributed by atoms with Crippen LogP contribution in [0.25, 0.3) is 0 Å². The van der Waals surface area contributed by atoms with Crippen LogP contribution in [0.1, 0.15) is 11.3 Å². The van der Waals surface area contributed by atoms with Crippen LogP contribution in [-0.2, 0) is 13.0 Å². The number of benzene rings is 1. The molecular formula is C13H15NO. The minimum Gasteiger partial charge on any atom is -0.468 e. The van der Waals surface area contributed by atoms with Gasteiger partial charge in [0, 0.05) is 0 Å². The van der Waals surface area contributed by atoms with Crippen LogP contribution in [0.5, 0.6) is 0 Å². The SMILES string of the molecule is c1ccc(CCNCc2ccco2)cc1. The molecule has 0 saturated heterocycles. The monoisotopic (exact) mass is 201 g/mol. The molecule has 0 spiro atoms. The molecule has 1 N–H and O–H groups in total. The molecule has 0 unspecified atom stereocenters. The van der Waals surface area contributed by atoms with Gasteiger partial charge in [0.1, 0.15) is 5.76 Å². The first kappa shape index (κ1) is 9.99. The molecule has 1 heterocycles. The van der Waals surface area contributed by atoms with Gasteiger partial charge in [0.05, 0.1) is 12.8 Å². The molecule has 0 saturated carbocycles. The summed E-state index contributed by atoms with van der Waals surface area (Å²) in [5, 5.41) is 3.34. The largest absolute Gasteiger partial charge is 0.468 e. The lowest BCUT2D eigenvalue weighted by Crippen LogP contribution is -2.16. The van der Waals surface area contributed by atoms with Crippen molar-refractivity contribution in [3.8, 4) is 0 Å². The molecule has 2 aromatic rings. The van der Waals surface area contributed by atoms with Gasteiger partial charge in [-0.1, -0.05) is 30.3 Å². The molecule has 1 aromatic heterocycles. The lowest BCUT2D eigenvalue weighted by atomic mass is 10.1. The second kappa shape index (κ2) is 5.37. The van der Waals surface area contributed by atoms with Gasteiger partial charge in [-0.05, 0) is 30.7 Å². The number of hydrogen-bond acceptors (Lipinski definition) is 2. The first-order valence-electron chi connectivity index (χ1n) is 5.22. The first-order valence-corrected chi connectivity index (χ1v) is 5.22. The zero-order chi connectivity index (χ0) is 10.3. The molecule has 0 fully saturated rings. The summed E-state index contributed by atoms with van der Waals surface area (Å²) >= 11 is 0. The zero-order valence-corrected chi connectivity index (χ0v) is 8.65. The highest BCUT2D eigenvalue weighted by Crippen LogP contribution is 2.00. The average Bonchev–Trinajstić information content (AvgIpc) is 2.79. The van der Waals surface area contributed by atoms with Gasteiger partial charge in [-0.25, -0.2) is 0 Å². The van der Waals surface area contributed by atoms with E-state index in [1.807, 2.05) is 18.2 Å². The van der Waals surface area contributed by atoms with Gasteiger partial charge in [0.15, 0.2) is 0 Å². The quantitative estimate of drug-likeness (QED) is 0.752. The minimum absolute atomic E-state index is 0.805. The maximum atomic E-state index is 5.22. The van der Waals surface area contributed by atoms with E-state index in [0.29, 0.717) is 0 Å². The lowest BCUT2D eigenvalue weighted by molar-refractivity contribution is 0.484. The lowest BCUT2D eigenvalue weighted by Gasteiger charge is -2.02. The molecule has 0 bridgehead atoms. The Hall–Kier alpha value is -1.54. The Morgan fingerprint density at radius 1 is 1.00 bits per heavy atom. The van der Waals surface area contributed by atoms with Crippen molar-refractivity contribution in [2.75, 3.05) is 6.54 Å². The van der Waals surface area contributed by atoms with Gasteiger partial charge >= 0.3 is 0 Å². The Kier molecular flexibility index (Phi) is 3.58. The van der Waals surface area contributed by atoms with Crippen LogP contribution in [0.4, 0.5) is 0 Å². The fourth-order valence-corrected chi connectivity index (χ4v) is 1.50. The predicted molar refractivity (Wildman–Crippen MR) is 60.6 cm³/mol. The van der Waals surface area contributed by atoms with E-state index in [1.54, 1.807) is 6.26 Å². The zero-order valence-electron chi connectivity index (χ0n) is 8.65. The van der Waals surface area contributed by atoms with Crippen LogP contribution in [-0.4, -0.2) is 6.54 Å². The number of hydrogen-bond donors (Lipinski definition) is 1. The van der Waals surface area contributed by atoms with Crippen molar-refractivity contribution >= 4 is 0 Å². The summed E-state index contributed by atoms with van der Waals surface area (Å²) in [5.41, 5.74) is 1.37. The third-order valence-electron chi connectivity index (χ3n) is 2.31. The summed E-state index contributed by atoms with van der Waals surface area (Å²) in [6, 6.07) is 14.4. The van der Waals surface area contributed by atoms with E-state index in [0.717, 1.165) is 25.3 Å². The van der Waals surface area contributed by atoms with E-state index in [-0.39, 0.29) is 0 Å². The highest BCUT2D eigenvalue weighted by Gasteiger charge is 1.94. The molecule has 2 nitrogen and oxygen atoms in total. The molecule has 15 heavy (non-hydrogen) atoms. The van der Waals surface area contributed by atoms with Gasteiger partial charge in [0.2, 0.25) is 0 Å². The van der Waals surface area contributed by atoms with Crippen molar-refractivity contribution in [1.82, 2.24) is 5.32 Å². The second-order valence-corrected chi connectivity index (χ2v) is 3.49. The average molecular weight is 201 g/mol. The maximum absolute atomic E-state index is 5.22. The second-order valence-electron chi connectivity index (χ2n) is 3.49. The number of nitrogens with one attached hydrogen (secondary N) is 1. The van der Waals surface area contributed by atoms with E-state index in [2.05, 4.69) is 29.6 Å². The standard InChI is InChI=1S/C13H15NO/c1-2-5-12(6-3-1)8-9-14-11-13-7-4-10-15-13/h1-7,10,14H,8-9,11H2. The van der Waals surface area contributed by atoms with Crippen molar-refractivity contribution in [3.63, 3.8) is 0 Å². The Morgan fingerprint density at radius 3 is 2.60 bits per heavy atom. The number of furan rings is 1. The molecule has 2 heteroatoms. The summed E-state index contributed by atoms with van der Waals surface area (Å²) < 4.78 is 5.22. The molecule has 0 aliphatic carbocycles. The van der Waals surface area contributed by atoms with Crippen LogP contribution in [0, 0.1) is 0 Å². The Labute approximate surface area is 89.9 Å². The van der Waals surface area contributed by atoms with Crippen LogP contribution in [0.2, 0.25) is 0 Å². The normalized spacial score (nSPS) is 10.4. The molecule has 0 radical (unpaired) electrons. The Bertz CT molecular complexity index is 367. The predicted octanol–water partition coefficient (Wildman–Crippen LogP) is 2.61. The van der Waals surface area contributed by atoms with E-state index in [9.17, 15) is 0 Å². The van der Waals surface area contributed by atoms with Crippen LogP contribution in [0.15, 0.2) is 53.1 Å². The van der Waals surface area contributed by atoms with Crippen molar-refractivity contribution in [1.29, 1.82) is 0 Å². The highest BCUT2D eigenvalue weighted by molar-refractivity contribution is 5.14. The third kappa shape index (κ3) is 3.26. The van der Waals surface area contributed by atoms with E-state index < -0.39 is 0 Å². The van der Waals surface area contributed by atoms with Gasteiger partial charge < -0.3 is 9.73 Å².